The summed E-state index contributed by atoms with van der Waals surface area (Å²) in [6.45, 7) is 0.407. The summed E-state index contributed by atoms with van der Waals surface area (Å²) < 4.78 is 23.4. The van der Waals surface area contributed by atoms with Gasteiger partial charge in [-0.1, -0.05) is 72.8 Å². The molecule has 0 aliphatic heterocycles. The topological polar surface area (TPSA) is 57.9 Å². The summed E-state index contributed by atoms with van der Waals surface area (Å²) in [5, 5.41) is 0.938. The van der Waals surface area contributed by atoms with E-state index in [1.807, 2.05) is 84.9 Å². The van der Waals surface area contributed by atoms with Crippen LogP contribution in [0.5, 0.6) is 11.5 Å². The average Bonchev–Trinajstić information content (AvgIpc) is 3.38. The second-order valence-corrected chi connectivity index (χ2v) is 8.65. The summed E-state index contributed by atoms with van der Waals surface area (Å²) in [5.41, 5.74) is 3.78. The zero-order chi connectivity index (χ0) is 25.5. The van der Waals surface area contributed by atoms with Gasteiger partial charge in [0.1, 0.15) is 28.9 Å². The van der Waals surface area contributed by atoms with E-state index >= 15 is 0 Å². The Morgan fingerprint density at radius 1 is 0.811 bits per heavy atom. The maximum absolute atomic E-state index is 11.4. The molecular formula is C32H28O5. The first-order valence-electron chi connectivity index (χ1n) is 12.3. The Labute approximate surface area is 216 Å². The molecule has 0 bridgehead atoms. The predicted octanol–water partition coefficient (Wildman–Crippen LogP) is 7.60. The fraction of sp³-hybridized carbons (Fsp3) is 0.156. The number of carbonyl (C=O) groups is 1. The summed E-state index contributed by atoms with van der Waals surface area (Å²) in [6, 6.07) is 36.0. The number of hydrogen-bond acceptors (Lipinski definition) is 5. The molecule has 0 unspecified atom stereocenters. The maximum Gasteiger partial charge on any atom is 0.305 e. The zero-order valence-electron chi connectivity index (χ0n) is 20.6. The quantitative estimate of drug-likeness (QED) is 0.148. The van der Waals surface area contributed by atoms with E-state index < -0.39 is 0 Å². The lowest BCUT2D eigenvalue weighted by Crippen LogP contribution is -2.09. The third-order valence-electron chi connectivity index (χ3n) is 6.11. The number of hydrogen-bond donors (Lipinski definition) is 0. The molecule has 0 radical (unpaired) electrons. The van der Waals surface area contributed by atoms with Crippen molar-refractivity contribution in [3.63, 3.8) is 0 Å². The van der Waals surface area contributed by atoms with Crippen molar-refractivity contribution in [2.24, 2.45) is 0 Å². The van der Waals surface area contributed by atoms with Gasteiger partial charge >= 0.3 is 5.97 Å². The van der Waals surface area contributed by atoms with Gasteiger partial charge in [-0.2, -0.15) is 0 Å². The maximum atomic E-state index is 11.4. The minimum Gasteiger partial charge on any atom is -0.493 e. The van der Waals surface area contributed by atoms with Gasteiger partial charge in [0.2, 0.25) is 0 Å². The van der Waals surface area contributed by atoms with E-state index in [2.05, 4.69) is 24.3 Å². The van der Waals surface area contributed by atoms with Crippen LogP contribution in [0.15, 0.2) is 114 Å². The van der Waals surface area contributed by atoms with Crippen molar-refractivity contribution < 1.29 is 23.4 Å². The van der Waals surface area contributed by atoms with Gasteiger partial charge in [-0.25, -0.2) is 0 Å². The second kappa shape index (κ2) is 11.5. The highest BCUT2D eigenvalue weighted by atomic mass is 16.5. The SMILES string of the molecule is COC(=O)CCCOc1ccccc1-c1cc2cc(OC(c3ccccc3)c3ccccc3)ccc2o1. The fourth-order valence-corrected chi connectivity index (χ4v) is 4.24. The van der Waals surface area contributed by atoms with E-state index in [1.54, 1.807) is 0 Å². The van der Waals surface area contributed by atoms with Crippen molar-refractivity contribution in [3.05, 3.63) is 120 Å². The van der Waals surface area contributed by atoms with E-state index in [1.165, 1.54) is 7.11 Å². The summed E-state index contributed by atoms with van der Waals surface area (Å²) in [5.74, 6) is 1.92. The van der Waals surface area contributed by atoms with E-state index in [9.17, 15) is 4.79 Å². The van der Waals surface area contributed by atoms with Crippen LogP contribution in [-0.2, 0) is 9.53 Å². The van der Waals surface area contributed by atoms with Crippen LogP contribution < -0.4 is 9.47 Å². The van der Waals surface area contributed by atoms with Crippen molar-refractivity contribution in [2.75, 3.05) is 13.7 Å². The van der Waals surface area contributed by atoms with Gasteiger partial charge in [-0.15, -0.1) is 0 Å². The summed E-state index contributed by atoms with van der Waals surface area (Å²) in [7, 11) is 1.39. The molecule has 1 heterocycles. The van der Waals surface area contributed by atoms with Crippen LogP contribution >= 0.6 is 0 Å². The van der Waals surface area contributed by atoms with Crippen LogP contribution in [0.25, 0.3) is 22.3 Å². The Bertz CT molecular complexity index is 1420. The molecule has 0 saturated heterocycles. The Morgan fingerprint density at radius 3 is 2.19 bits per heavy atom. The van der Waals surface area contributed by atoms with Crippen molar-refractivity contribution in [3.8, 4) is 22.8 Å². The van der Waals surface area contributed by atoms with Gasteiger partial charge < -0.3 is 18.6 Å². The van der Waals surface area contributed by atoms with E-state index in [4.69, 9.17) is 18.6 Å². The Morgan fingerprint density at radius 2 is 1.49 bits per heavy atom. The molecular weight excluding hydrogens is 464 g/mol. The normalized spacial score (nSPS) is 11.0. The fourth-order valence-electron chi connectivity index (χ4n) is 4.24. The standard InChI is InChI=1S/C32H28O5/c1-34-31(33)17-10-20-35-29-16-9-8-15-27(29)30-22-25-21-26(18-19-28(25)37-30)36-32(23-11-4-2-5-12-23)24-13-6-3-7-14-24/h2-9,11-16,18-19,21-22,32H,10,17,20H2,1H3. The van der Waals surface area contributed by atoms with Gasteiger partial charge in [-0.3, -0.25) is 4.79 Å². The smallest absolute Gasteiger partial charge is 0.305 e. The molecule has 5 nitrogen and oxygen atoms in total. The molecule has 5 heteroatoms. The van der Waals surface area contributed by atoms with Crippen molar-refractivity contribution in [1.82, 2.24) is 0 Å². The third kappa shape index (κ3) is 5.84. The number of para-hydroxylation sites is 1. The number of rotatable bonds is 10. The van der Waals surface area contributed by atoms with Crippen LogP contribution in [-0.4, -0.2) is 19.7 Å². The molecule has 5 rings (SSSR count). The first-order chi connectivity index (χ1) is 18.2. The van der Waals surface area contributed by atoms with Crippen molar-refractivity contribution >= 4 is 16.9 Å². The molecule has 0 N–H and O–H groups in total. The largest absolute Gasteiger partial charge is 0.493 e. The zero-order valence-corrected chi connectivity index (χ0v) is 20.6. The molecule has 0 fully saturated rings. The molecule has 0 aliphatic carbocycles. The van der Waals surface area contributed by atoms with Crippen LogP contribution in [0.4, 0.5) is 0 Å². The number of fused-ring (bicyclic) bond motifs is 1. The second-order valence-electron chi connectivity index (χ2n) is 8.65. The number of benzene rings is 4. The lowest BCUT2D eigenvalue weighted by Gasteiger charge is -2.20. The molecule has 0 amide bonds. The number of ether oxygens (including phenoxy) is 3. The van der Waals surface area contributed by atoms with E-state index in [0.29, 0.717) is 31.0 Å². The van der Waals surface area contributed by atoms with Crippen LogP contribution in [0.2, 0.25) is 0 Å². The lowest BCUT2D eigenvalue weighted by atomic mass is 10.0. The highest BCUT2D eigenvalue weighted by molar-refractivity contribution is 5.85. The van der Waals surface area contributed by atoms with Gasteiger partial charge in [0.15, 0.2) is 0 Å². The number of carbonyl (C=O) groups excluding carboxylic acids is 1. The highest BCUT2D eigenvalue weighted by Crippen LogP contribution is 2.36. The van der Waals surface area contributed by atoms with Crippen LogP contribution in [0.1, 0.15) is 30.1 Å². The van der Waals surface area contributed by atoms with Crippen molar-refractivity contribution in [1.29, 1.82) is 0 Å². The minimum absolute atomic E-state index is 0.231. The monoisotopic (exact) mass is 492 g/mol. The number of furan rings is 1. The Kier molecular flexibility index (Phi) is 7.51. The highest BCUT2D eigenvalue weighted by Gasteiger charge is 2.17. The third-order valence-corrected chi connectivity index (χ3v) is 6.11. The first kappa shape index (κ1) is 24.2. The van der Waals surface area contributed by atoms with Gasteiger partial charge in [0.05, 0.1) is 19.3 Å². The lowest BCUT2D eigenvalue weighted by molar-refractivity contribution is -0.140. The molecule has 186 valence electrons. The van der Waals surface area contributed by atoms with Crippen molar-refractivity contribution in [2.45, 2.75) is 18.9 Å². The van der Waals surface area contributed by atoms with Gasteiger partial charge in [-0.05, 0) is 53.9 Å². The predicted molar refractivity (Wildman–Crippen MR) is 144 cm³/mol. The Balaban J connectivity index is 1.38. The first-order valence-corrected chi connectivity index (χ1v) is 12.3. The summed E-state index contributed by atoms with van der Waals surface area (Å²) in [6.07, 6.45) is 0.663. The van der Waals surface area contributed by atoms with Gasteiger partial charge in [0.25, 0.3) is 0 Å². The molecule has 0 atom stereocenters. The van der Waals surface area contributed by atoms with Gasteiger partial charge in [0, 0.05) is 11.8 Å². The minimum atomic E-state index is -0.242. The van der Waals surface area contributed by atoms with E-state index in [-0.39, 0.29) is 12.1 Å². The summed E-state index contributed by atoms with van der Waals surface area (Å²) >= 11 is 0. The summed E-state index contributed by atoms with van der Waals surface area (Å²) in [4.78, 5) is 11.4. The molecule has 0 spiro atoms. The molecule has 0 saturated carbocycles. The number of methoxy groups -OCH3 is 1. The van der Waals surface area contributed by atoms with Crippen LogP contribution in [0, 0.1) is 0 Å². The average molecular weight is 493 g/mol. The molecule has 37 heavy (non-hydrogen) atoms. The molecule has 5 aromatic rings. The van der Waals surface area contributed by atoms with E-state index in [0.717, 1.165) is 33.4 Å². The molecule has 4 aromatic carbocycles. The molecule has 0 aliphatic rings. The van der Waals surface area contributed by atoms with Crippen LogP contribution in [0.3, 0.4) is 0 Å². The molecule has 1 aromatic heterocycles. The number of esters is 1. The Hall–Kier alpha value is -4.51.